The molecule has 0 saturated carbocycles. The van der Waals surface area contributed by atoms with E-state index >= 15 is 0 Å². The average molecular weight is 313 g/mol. The number of nitrogens with zero attached hydrogens (tertiary/aromatic N) is 1. The fourth-order valence-electron chi connectivity index (χ4n) is 1.81. The smallest absolute Gasteiger partial charge is 0.179 e. The van der Waals surface area contributed by atoms with Gasteiger partial charge in [0.1, 0.15) is 5.84 Å². The van der Waals surface area contributed by atoms with Crippen LogP contribution in [-0.4, -0.2) is 58.3 Å². The van der Waals surface area contributed by atoms with Gasteiger partial charge < -0.3 is 15.4 Å². The number of hydrogen-bond donors (Lipinski definition) is 2. The minimum Gasteiger partial charge on any atom is -0.384 e. The number of nitrogen functional groups attached to an aromatic ring is 1. The van der Waals surface area contributed by atoms with Gasteiger partial charge in [-0.15, -0.1) is 0 Å². The van der Waals surface area contributed by atoms with Gasteiger partial charge in [0.2, 0.25) is 0 Å². The number of likely N-dealkylation sites (N-methyl/N-ethyl adjacent to an activating group) is 1. The third-order valence-electron chi connectivity index (χ3n) is 3.40. The van der Waals surface area contributed by atoms with Crippen LogP contribution in [0.15, 0.2) is 29.2 Å². The molecule has 0 aromatic heterocycles. The first-order valence-corrected chi connectivity index (χ1v) is 8.29. The van der Waals surface area contributed by atoms with E-state index in [9.17, 15) is 8.42 Å². The number of rotatable bonds is 8. The number of sulfone groups is 1. The van der Waals surface area contributed by atoms with Crippen molar-refractivity contribution in [3.8, 4) is 0 Å². The number of nitrogens with one attached hydrogen (secondary N) is 1. The molecule has 0 fully saturated rings. The lowest BCUT2D eigenvalue weighted by atomic mass is 10.2. The Morgan fingerprint density at radius 3 is 2.43 bits per heavy atom. The van der Waals surface area contributed by atoms with Crippen LogP contribution in [0.2, 0.25) is 0 Å². The maximum Gasteiger partial charge on any atom is 0.179 e. The van der Waals surface area contributed by atoms with Crippen LogP contribution >= 0.6 is 0 Å². The van der Waals surface area contributed by atoms with E-state index < -0.39 is 9.84 Å². The molecule has 1 aromatic carbocycles. The van der Waals surface area contributed by atoms with Gasteiger partial charge in [0.15, 0.2) is 9.84 Å². The van der Waals surface area contributed by atoms with Crippen LogP contribution in [0.3, 0.4) is 0 Å². The van der Waals surface area contributed by atoms with Crippen molar-refractivity contribution < 1.29 is 13.2 Å². The molecular formula is C14H23N3O3S. The molecule has 7 heteroatoms. The Bertz CT molecular complexity index is 570. The molecule has 1 rings (SSSR count). The van der Waals surface area contributed by atoms with Crippen molar-refractivity contribution in [1.82, 2.24) is 4.90 Å². The van der Waals surface area contributed by atoms with Crippen LogP contribution in [0.25, 0.3) is 0 Å². The molecule has 0 aliphatic heterocycles. The van der Waals surface area contributed by atoms with E-state index in [1.54, 1.807) is 19.2 Å². The van der Waals surface area contributed by atoms with Crippen LogP contribution in [0, 0.1) is 5.41 Å². The summed E-state index contributed by atoms with van der Waals surface area (Å²) in [6.07, 6.45) is 0. The minimum absolute atomic E-state index is 0.0387. The van der Waals surface area contributed by atoms with E-state index in [0.29, 0.717) is 18.7 Å². The zero-order valence-electron chi connectivity index (χ0n) is 12.7. The maximum atomic E-state index is 12.3. The van der Waals surface area contributed by atoms with Crippen molar-refractivity contribution in [3.63, 3.8) is 0 Å². The Morgan fingerprint density at radius 2 is 1.95 bits per heavy atom. The van der Waals surface area contributed by atoms with Gasteiger partial charge in [-0.3, -0.25) is 5.41 Å². The Hall–Kier alpha value is -1.44. The summed E-state index contributed by atoms with van der Waals surface area (Å²) in [6, 6.07) is 6.24. The Kier molecular flexibility index (Phi) is 6.32. The summed E-state index contributed by atoms with van der Waals surface area (Å²) in [4.78, 5) is 2.20. The van der Waals surface area contributed by atoms with E-state index in [2.05, 4.69) is 0 Å². The van der Waals surface area contributed by atoms with Gasteiger partial charge in [0.05, 0.1) is 17.3 Å². The van der Waals surface area contributed by atoms with Gasteiger partial charge in [0, 0.05) is 25.3 Å². The molecular weight excluding hydrogens is 290 g/mol. The Balaban J connectivity index is 2.71. The molecule has 0 spiro atoms. The predicted octanol–water partition coefficient (Wildman–Crippen LogP) is 0.711. The van der Waals surface area contributed by atoms with Crippen molar-refractivity contribution in [2.24, 2.45) is 5.73 Å². The van der Waals surface area contributed by atoms with Gasteiger partial charge in [0.25, 0.3) is 0 Å². The third kappa shape index (κ3) is 5.11. The zero-order chi connectivity index (χ0) is 16.0. The zero-order valence-corrected chi connectivity index (χ0v) is 13.5. The summed E-state index contributed by atoms with van der Waals surface area (Å²) in [5, 5.41) is 7.30. The lowest BCUT2D eigenvalue weighted by Crippen LogP contribution is -2.36. The van der Waals surface area contributed by atoms with Gasteiger partial charge >= 0.3 is 0 Å². The highest BCUT2D eigenvalue weighted by Gasteiger charge is 2.17. The van der Waals surface area contributed by atoms with Crippen molar-refractivity contribution >= 4 is 15.7 Å². The van der Waals surface area contributed by atoms with Gasteiger partial charge in [-0.2, -0.15) is 0 Å². The van der Waals surface area contributed by atoms with Crippen molar-refractivity contribution in [1.29, 1.82) is 5.41 Å². The molecule has 0 aliphatic carbocycles. The monoisotopic (exact) mass is 313 g/mol. The van der Waals surface area contributed by atoms with Crippen molar-refractivity contribution in [3.05, 3.63) is 29.8 Å². The molecule has 1 aromatic rings. The number of ether oxygens (including phenoxy) is 1. The highest BCUT2D eigenvalue weighted by atomic mass is 32.2. The number of hydrogen-bond acceptors (Lipinski definition) is 5. The van der Waals surface area contributed by atoms with Crippen LogP contribution < -0.4 is 5.73 Å². The highest BCUT2D eigenvalue weighted by Crippen LogP contribution is 2.13. The molecule has 1 atom stereocenters. The lowest BCUT2D eigenvalue weighted by molar-refractivity contribution is 0.119. The summed E-state index contributed by atoms with van der Waals surface area (Å²) in [5.74, 6) is -0.0381. The highest BCUT2D eigenvalue weighted by molar-refractivity contribution is 7.91. The van der Waals surface area contributed by atoms with E-state index in [4.69, 9.17) is 15.9 Å². The molecule has 1 unspecified atom stereocenters. The predicted molar refractivity (Wildman–Crippen MR) is 83.5 cm³/mol. The summed E-state index contributed by atoms with van der Waals surface area (Å²) < 4.78 is 29.6. The topological polar surface area (TPSA) is 96.5 Å². The second-order valence-corrected chi connectivity index (χ2v) is 7.15. The number of methoxy groups -OCH3 is 1. The summed E-state index contributed by atoms with van der Waals surface area (Å²) in [6.45, 7) is 2.98. The number of nitrogens with two attached hydrogens (primary N) is 1. The summed E-state index contributed by atoms with van der Waals surface area (Å²) in [7, 11) is 0.156. The Labute approximate surface area is 126 Å². The molecule has 0 aliphatic rings. The largest absolute Gasteiger partial charge is 0.384 e. The van der Waals surface area contributed by atoms with Crippen molar-refractivity contribution in [2.75, 3.05) is 33.1 Å². The minimum atomic E-state index is -3.34. The third-order valence-corrected chi connectivity index (χ3v) is 5.11. The normalized spacial score (nSPS) is 13.3. The van der Waals surface area contributed by atoms with Crippen LogP contribution in [-0.2, 0) is 14.6 Å². The van der Waals surface area contributed by atoms with Crippen LogP contribution in [0.4, 0.5) is 0 Å². The number of benzene rings is 1. The molecule has 0 heterocycles. The molecule has 0 bridgehead atoms. The first-order chi connectivity index (χ1) is 9.77. The van der Waals surface area contributed by atoms with Gasteiger partial charge in [-0.25, -0.2) is 8.42 Å². The lowest BCUT2D eigenvalue weighted by Gasteiger charge is -2.23. The quantitative estimate of drug-likeness (QED) is 0.544. The van der Waals surface area contributed by atoms with Gasteiger partial charge in [-0.1, -0.05) is 12.1 Å². The SMILES string of the molecule is COCC(C)N(C)CCS(=O)(=O)c1ccc(C(=N)N)cc1. The Morgan fingerprint density at radius 1 is 1.38 bits per heavy atom. The molecule has 118 valence electrons. The fraction of sp³-hybridized carbons (Fsp3) is 0.500. The molecule has 0 saturated heterocycles. The summed E-state index contributed by atoms with van der Waals surface area (Å²) >= 11 is 0. The standard InChI is InChI=1S/C14H23N3O3S/c1-11(10-20-3)17(2)8-9-21(18,19)13-6-4-12(5-7-13)14(15)16/h4-7,11H,8-10H2,1-3H3,(H3,15,16). The molecule has 0 amide bonds. The molecule has 0 radical (unpaired) electrons. The van der Waals surface area contributed by atoms with E-state index in [0.717, 1.165) is 0 Å². The molecule has 6 nitrogen and oxygen atoms in total. The van der Waals surface area contributed by atoms with E-state index in [1.165, 1.54) is 12.1 Å². The first kappa shape index (κ1) is 17.6. The average Bonchev–Trinajstić information content (AvgIpc) is 2.45. The van der Waals surface area contributed by atoms with Gasteiger partial charge in [-0.05, 0) is 26.1 Å². The van der Waals surface area contributed by atoms with Crippen LogP contribution in [0.1, 0.15) is 12.5 Å². The number of amidine groups is 1. The fourth-order valence-corrected chi connectivity index (χ4v) is 3.13. The van der Waals surface area contributed by atoms with E-state index in [-0.39, 0.29) is 22.5 Å². The maximum absolute atomic E-state index is 12.3. The van der Waals surface area contributed by atoms with Crippen LogP contribution in [0.5, 0.6) is 0 Å². The second kappa shape index (κ2) is 7.53. The van der Waals surface area contributed by atoms with Crippen molar-refractivity contribution in [2.45, 2.75) is 17.9 Å². The second-order valence-electron chi connectivity index (χ2n) is 5.04. The molecule has 21 heavy (non-hydrogen) atoms. The summed E-state index contributed by atoms with van der Waals surface area (Å²) in [5.41, 5.74) is 5.86. The van der Waals surface area contributed by atoms with E-state index in [1.807, 2.05) is 18.9 Å². The first-order valence-electron chi connectivity index (χ1n) is 6.64. The molecule has 3 N–H and O–H groups in total.